The van der Waals surface area contributed by atoms with E-state index in [1.54, 1.807) is 12.4 Å². The molecule has 0 aliphatic carbocycles. The SMILES string of the molecule is CN(C)C1CCCCN(C(=O)c2cnc(Nc3ccccc3)nc2)C1. The molecule has 25 heavy (non-hydrogen) atoms. The lowest BCUT2D eigenvalue weighted by Crippen LogP contribution is -2.42. The van der Waals surface area contributed by atoms with Gasteiger partial charge in [0, 0.05) is 37.2 Å². The third-order valence-corrected chi connectivity index (χ3v) is 4.59. The minimum atomic E-state index is 0.0139. The molecule has 1 amide bonds. The standard InChI is InChI=1S/C19H25N5O/c1-23(2)17-10-6-7-11-24(14-17)18(25)15-12-20-19(21-13-15)22-16-8-4-3-5-9-16/h3-5,8-9,12-13,17H,6-7,10-11,14H2,1-2H3,(H,20,21,22). The Hall–Kier alpha value is -2.47. The van der Waals surface area contributed by atoms with E-state index in [0.29, 0.717) is 17.6 Å². The molecule has 2 heterocycles. The maximum atomic E-state index is 12.8. The lowest BCUT2D eigenvalue weighted by atomic mass is 10.1. The molecular formula is C19H25N5O. The predicted molar refractivity (Wildman–Crippen MR) is 99.0 cm³/mol. The molecule has 1 aromatic heterocycles. The summed E-state index contributed by atoms with van der Waals surface area (Å²) in [6.07, 6.45) is 6.55. The summed E-state index contributed by atoms with van der Waals surface area (Å²) in [4.78, 5) is 25.5. The smallest absolute Gasteiger partial charge is 0.257 e. The first-order chi connectivity index (χ1) is 12.1. The van der Waals surface area contributed by atoms with Crippen molar-refractivity contribution in [2.45, 2.75) is 25.3 Å². The Morgan fingerprint density at radius 2 is 1.88 bits per heavy atom. The molecule has 1 fully saturated rings. The molecule has 0 saturated carbocycles. The Morgan fingerprint density at radius 3 is 2.56 bits per heavy atom. The number of hydrogen-bond donors (Lipinski definition) is 1. The number of para-hydroxylation sites is 1. The molecule has 1 aromatic carbocycles. The average molecular weight is 339 g/mol. The first-order valence-corrected chi connectivity index (χ1v) is 8.73. The number of carbonyl (C=O) groups is 1. The van der Waals surface area contributed by atoms with E-state index in [0.717, 1.165) is 38.0 Å². The van der Waals surface area contributed by atoms with Gasteiger partial charge in [0.2, 0.25) is 5.95 Å². The van der Waals surface area contributed by atoms with E-state index < -0.39 is 0 Å². The van der Waals surface area contributed by atoms with E-state index in [1.165, 1.54) is 0 Å². The van der Waals surface area contributed by atoms with Crippen molar-refractivity contribution < 1.29 is 4.79 Å². The number of hydrogen-bond acceptors (Lipinski definition) is 5. The van der Waals surface area contributed by atoms with Crippen molar-refractivity contribution in [2.24, 2.45) is 0 Å². The molecule has 0 spiro atoms. The van der Waals surface area contributed by atoms with Gasteiger partial charge in [-0.15, -0.1) is 0 Å². The lowest BCUT2D eigenvalue weighted by Gasteiger charge is -2.28. The van der Waals surface area contributed by atoms with Gasteiger partial charge in [-0.05, 0) is 39.1 Å². The summed E-state index contributed by atoms with van der Waals surface area (Å²) < 4.78 is 0. The number of amides is 1. The summed E-state index contributed by atoms with van der Waals surface area (Å²) in [5.41, 5.74) is 1.46. The van der Waals surface area contributed by atoms with Crippen molar-refractivity contribution in [2.75, 3.05) is 32.5 Å². The van der Waals surface area contributed by atoms with Crippen LogP contribution in [0.25, 0.3) is 0 Å². The number of carbonyl (C=O) groups excluding carboxylic acids is 1. The fraction of sp³-hybridized carbons (Fsp3) is 0.421. The molecule has 132 valence electrons. The molecule has 0 radical (unpaired) electrons. The van der Waals surface area contributed by atoms with E-state index in [1.807, 2.05) is 35.2 Å². The predicted octanol–water partition coefficient (Wildman–Crippen LogP) is 2.78. The van der Waals surface area contributed by atoms with E-state index in [2.05, 4.69) is 34.3 Å². The Labute approximate surface area is 148 Å². The molecule has 1 saturated heterocycles. The van der Waals surface area contributed by atoms with Crippen molar-refractivity contribution in [3.05, 3.63) is 48.3 Å². The maximum Gasteiger partial charge on any atom is 0.257 e. The van der Waals surface area contributed by atoms with Crippen LogP contribution in [0.3, 0.4) is 0 Å². The number of rotatable bonds is 4. The van der Waals surface area contributed by atoms with Crippen LogP contribution >= 0.6 is 0 Å². The van der Waals surface area contributed by atoms with Gasteiger partial charge in [-0.2, -0.15) is 0 Å². The van der Waals surface area contributed by atoms with Gasteiger partial charge in [0.05, 0.1) is 5.56 Å². The van der Waals surface area contributed by atoms with Gasteiger partial charge in [-0.3, -0.25) is 4.79 Å². The second-order valence-corrected chi connectivity index (χ2v) is 6.65. The number of benzene rings is 1. The number of nitrogens with one attached hydrogen (secondary N) is 1. The van der Waals surface area contributed by atoms with Crippen LogP contribution in [-0.2, 0) is 0 Å². The average Bonchev–Trinajstić information content (AvgIpc) is 2.89. The van der Waals surface area contributed by atoms with Crippen molar-refractivity contribution in [1.82, 2.24) is 19.8 Å². The fourth-order valence-electron chi connectivity index (χ4n) is 3.06. The Morgan fingerprint density at radius 1 is 1.16 bits per heavy atom. The van der Waals surface area contributed by atoms with Gasteiger partial charge in [0.15, 0.2) is 0 Å². The molecule has 3 rings (SSSR count). The summed E-state index contributed by atoms with van der Waals surface area (Å²) in [5, 5.41) is 3.13. The normalized spacial score (nSPS) is 18.0. The van der Waals surface area contributed by atoms with Gasteiger partial charge < -0.3 is 15.1 Å². The second-order valence-electron chi connectivity index (χ2n) is 6.65. The first kappa shape index (κ1) is 17.4. The molecular weight excluding hydrogens is 314 g/mol. The largest absolute Gasteiger partial charge is 0.337 e. The summed E-state index contributed by atoms with van der Waals surface area (Å²) in [6.45, 7) is 1.56. The minimum absolute atomic E-state index is 0.0139. The topological polar surface area (TPSA) is 61.4 Å². The van der Waals surface area contributed by atoms with E-state index in [-0.39, 0.29) is 5.91 Å². The number of nitrogens with zero attached hydrogens (tertiary/aromatic N) is 4. The zero-order chi connectivity index (χ0) is 17.6. The van der Waals surface area contributed by atoms with Crippen molar-refractivity contribution in [3.63, 3.8) is 0 Å². The van der Waals surface area contributed by atoms with Crippen LogP contribution in [0, 0.1) is 0 Å². The number of likely N-dealkylation sites (tertiary alicyclic amines) is 1. The van der Waals surface area contributed by atoms with Gasteiger partial charge in [0.25, 0.3) is 5.91 Å². The van der Waals surface area contributed by atoms with Crippen LogP contribution in [0.2, 0.25) is 0 Å². The molecule has 6 heteroatoms. The first-order valence-electron chi connectivity index (χ1n) is 8.73. The monoisotopic (exact) mass is 339 g/mol. The third-order valence-electron chi connectivity index (χ3n) is 4.59. The third kappa shape index (κ3) is 4.54. The van der Waals surface area contributed by atoms with Gasteiger partial charge in [0.1, 0.15) is 0 Å². The molecule has 1 N–H and O–H groups in total. The zero-order valence-corrected chi connectivity index (χ0v) is 14.9. The highest BCUT2D eigenvalue weighted by molar-refractivity contribution is 5.93. The summed E-state index contributed by atoms with van der Waals surface area (Å²) >= 11 is 0. The zero-order valence-electron chi connectivity index (χ0n) is 14.9. The number of aromatic nitrogens is 2. The van der Waals surface area contributed by atoms with Crippen LogP contribution in [0.4, 0.5) is 11.6 Å². The molecule has 0 bridgehead atoms. The highest BCUT2D eigenvalue weighted by Gasteiger charge is 2.24. The maximum absolute atomic E-state index is 12.8. The summed E-state index contributed by atoms with van der Waals surface area (Å²) in [5.74, 6) is 0.504. The highest BCUT2D eigenvalue weighted by Crippen LogP contribution is 2.17. The van der Waals surface area contributed by atoms with Crippen LogP contribution in [0.1, 0.15) is 29.6 Å². The lowest BCUT2D eigenvalue weighted by molar-refractivity contribution is 0.0724. The van der Waals surface area contributed by atoms with Gasteiger partial charge >= 0.3 is 0 Å². The molecule has 1 atom stereocenters. The van der Waals surface area contributed by atoms with Crippen LogP contribution in [0.15, 0.2) is 42.7 Å². The number of anilines is 2. The Balaban J connectivity index is 1.67. The minimum Gasteiger partial charge on any atom is -0.337 e. The molecule has 1 aliphatic rings. The van der Waals surface area contributed by atoms with E-state index in [4.69, 9.17) is 0 Å². The van der Waals surface area contributed by atoms with E-state index in [9.17, 15) is 4.79 Å². The van der Waals surface area contributed by atoms with Gasteiger partial charge in [-0.25, -0.2) is 9.97 Å². The summed E-state index contributed by atoms with van der Waals surface area (Å²) in [7, 11) is 4.15. The highest BCUT2D eigenvalue weighted by atomic mass is 16.2. The van der Waals surface area contributed by atoms with E-state index >= 15 is 0 Å². The second kappa shape index (κ2) is 8.07. The molecule has 1 aliphatic heterocycles. The Kier molecular flexibility index (Phi) is 5.60. The van der Waals surface area contributed by atoms with Crippen LogP contribution in [-0.4, -0.2) is 58.9 Å². The van der Waals surface area contributed by atoms with Crippen LogP contribution < -0.4 is 5.32 Å². The fourth-order valence-corrected chi connectivity index (χ4v) is 3.06. The van der Waals surface area contributed by atoms with Crippen LogP contribution in [0.5, 0.6) is 0 Å². The van der Waals surface area contributed by atoms with Crippen molar-refractivity contribution >= 4 is 17.5 Å². The quantitative estimate of drug-likeness (QED) is 0.928. The summed E-state index contributed by atoms with van der Waals surface area (Å²) in [6, 6.07) is 10.1. The van der Waals surface area contributed by atoms with Gasteiger partial charge in [-0.1, -0.05) is 24.6 Å². The molecule has 6 nitrogen and oxygen atoms in total. The number of likely N-dealkylation sites (N-methyl/N-ethyl adjacent to an activating group) is 1. The van der Waals surface area contributed by atoms with Crippen molar-refractivity contribution in [3.8, 4) is 0 Å². The van der Waals surface area contributed by atoms with Crippen molar-refractivity contribution in [1.29, 1.82) is 0 Å². The molecule has 1 unspecified atom stereocenters. The molecule has 2 aromatic rings. The Bertz CT molecular complexity index is 687.